The van der Waals surface area contributed by atoms with Crippen LogP contribution in [0.5, 0.6) is 0 Å². The molecule has 0 bridgehead atoms. The van der Waals surface area contributed by atoms with E-state index in [1.54, 1.807) is 0 Å². The molecule has 0 heterocycles. The Labute approximate surface area is 122 Å². The van der Waals surface area contributed by atoms with Gasteiger partial charge >= 0.3 is 5.97 Å². The number of aliphatic carboxylic acids is 1. The maximum absolute atomic E-state index is 13.3. The highest BCUT2D eigenvalue weighted by molar-refractivity contribution is 9.10. The van der Waals surface area contributed by atoms with E-state index in [1.165, 1.54) is 30.0 Å². The molecule has 0 spiro atoms. The van der Waals surface area contributed by atoms with Crippen molar-refractivity contribution in [3.05, 3.63) is 34.1 Å². The Morgan fingerprint density at radius 3 is 2.79 bits per heavy atom. The zero-order valence-electron chi connectivity index (χ0n) is 10.2. The van der Waals surface area contributed by atoms with Gasteiger partial charge in [0, 0.05) is 0 Å². The molecule has 0 saturated heterocycles. The number of carbonyl (C=O) groups is 2. The van der Waals surface area contributed by atoms with Gasteiger partial charge in [-0.15, -0.1) is 0 Å². The van der Waals surface area contributed by atoms with Crippen molar-refractivity contribution in [1.29, 1.82) is 0 Å². The van der Waals surface area contributed by atoms with Crippen LogP contribution >= 0.6 is 27.7 Å². The second-order valence-corrected chi connectivity index (χ2v) is 5.53. The van der Waals surface area contributed by atoms with Crippen LogP contribution in [0.4, 0.5) is 4.39 Å². The molecule has 2 N–H and O–H groups in total. The molecule has 0 unspecified atom stereocenters. The SMILES string of the molecule is CSCC[C@@H](NC(=O)c1cccc(F)c1Br)C(=O)O. The number of amides is 1. The molecule has 0 aliphatic carbocycles. The smallest absolute Gasteiger partial charge is 0.326 e. The van der Waals surface area contributed by atoms with Gasteiger partial charge in [-0.1, -0.05) is 6.07 Å². The molecule has 0 radical (unpaired) electrons. The van der Waals surface area contributed by atoms with Gasteiger partial charge in [0.2, 0.25) is 0 Å². The first kappa shape index (κ1) is 16.0. The highest BCUT2D eigenvalue weighted by Gasteiger charge is 2.21. The summed E-state index contributed by atoms with van der Waals surface area (Å²) in [5.74, 6) is -1.67. The largest absolute Gasteiger partial charge is 0.480 e. The molecule has 104 valence electrons. The van der Waals surface area contributed by atoms with Crippen molar-refractivity contribution in [2.45, 2.75) is 12.5 Å². The number of nitrogens with one attached hydrogen (secondary N) is 1. The predicted octanol–water partition coefficient (Wildman–Crippen LogP) is 2.52. The molecule has 0 aliphatic heterocycles. The summed E-state index contributed by atoms with van der Waals surface area (Å²) in [5, 5.41) is 11.4. The second-order valence-electron chi connectivity index (χ2n) is 3.75. The van der Waals surface area contributed by atoms with E-state index in [-0.39, 0.29) is 10.0 Å². The molecule has 1 aromatic rings. The zero-order chi connectivity index (χ0) is 14.4. The number of carboxylic acids is 1. The van der Waals surface area contributed by atoms with Gasteiger partial charge < -0.3 is 10.4 Å². The fraction of sp³-hybridized carbons (Fsp3) is 0.333. The fourth-order valence-electron chi connectivity index (χ4n) is 1.41. The standard InChI is InChI=1S/C12H13BrFNO3S/c1-19-6-5-9(12(17)18)15-11(16)7-3-2-4-8(14)10(7)13/h2-4,9H,5-6H2,1H3,(H,15,16)(H,17,18)/t9-/m1/s1. The monoisotopic (exact) mass is 349 g/mol. The summed E-state index contributed by atoms with van der Waals surface area (Å²) < 4.78 is 13.3. The molecule has 0 aromatic heterocycles. The number of halogens is 2. The lowest BCUT2D eigenvalue weighted by Gasteiger charge is -2.14. The van der Waals surface area contributed by atoms with Crippen LogP contribution in [0.25, 0.3) is 0 Å². The molecule has 0 saturated carbocycles. The summed E-state index contributed by atoms with van der Waals surface area (Å²) in [4.78, 5) is 22.9. The number of hydrogen-bond acceptors (Lipinski definition) is 3. The third-order valence-corrected chi connectivity index (χ3v) is 3.86. The van der Waals surface area contributed by atoms with Gasteiger partial charge in [0.05, 0.1) is 10.0 Å². The first-order valence-corrected chi connectivity index (χ1v) is 7.62. The Morgan fingerprint density at radius 2 is 2.21 bits per heavy atom. The summed E-state index contributed by atoms with van der Waals surface area (Å²) >= 11 is 4.47. The van der Waals surface area contributed by atoms with Crippen LogP contribution < -0.4 is 5.32 Å². The Hall–Kier alpha value is -1.08. The van der Waals surface area contributed by atoms with Crippen LogP contribution in [0.15, 0.2) is 22.7 Å². The van der Waals surface area contributed by atoms with E-state index in [0.717, 1.165) is 0 Å². The first-order valence-electron chi connectivity index (χ1n) is 5.44. The lowest BCUT2D eigenvalue weighted by Crippen LogP contribution is -2.41. The van der Waals surface area contributed by atoms with Crippen LogP contribution in [0.3, 0.4) is 0 Å². The highest BCUT2D eigenvalue weighted by Crippen LogP contribution is 2.20. The molecule has 1 rings (SSSR count). The van der Waals surface area contributed by atoms with Crippen LogP contribution in [-0.4, -0.2) is 35.0 Å². The summed E-state index contributed by atoms with van der Waals surface area (Å²) in [6.45, 7) is 0. The topological polar surface area (TPSA) is 66.4 Å². The van der Waals surface area contributed by atoms with E-state index in [1.807, 2.05) is 6.26 Å². The van der Waals surface area contributed by atoms with Crippen LogP contribution in [-0.2, 0) is 4.79 Å². The molecule has 7 heteroatoms. The van der Waals surface area contributed by atoms with Crippen molar-refractivity contribution in [3.63, 3.8) is 0 Å². The quantitative estimate of drug-likeness (QED) is 0.828. The van der Waals surface area contributed by atoms with E-state index in [2.05, 4.69) is 21.2 Å². The Bertz CT molecular complexity index is 484. The van der Waals surface area contributed by atoms with Gasteiger partial charge in [0.15, 0.2) is 0 Å². The Kier molecular flexibility index (Phi) is 6.30. The minimum absolute atomic E-state index is 0.0292. The third kappa shape index (κ3) is 4.50. The molecule has 0 aliphatic rings. The first-order chi connectivity index (χ1) is 8.97. The predicted molar refractivity (Wildman–Crippen MR) is 76.0 cm³/mol. The summed E-state index contributed by atoms with van der Waals surface area (Å²) in [5.41, 5.74) is 0.0791. The summed E-state index contributed by atoms with van der Waals surface area (Å²) in [6, 6.07) is 3.06. The molecular weight excluding hydrogens is 337 g/mol. The lowest BCUT2D eigenvalue weighted by atomic mass is 10.1. The molecular formula is C12H13BrFNO3S. The maximum atomic E-state index is 13.3. The number of hydrogen-bond donors (Lipinski definition) is 2. The molecule has 0 fully saturated rings. The van der Waals surface area contributed by atoms with Gasteiger partial charge in [-0.3, -0.25) is 4.79 Å². The third-order valence-electron chi connectivity index (χ3n) is 2.41. The van der Waals surface area contributed by atoms with Crippen LogP contribution in [0, 0.1) is 5.82 Å². The second kappa shape index (κ2) is 7.49. The maximum Gasteiger partial charge on any atom is 0.326 e. The normalized spacial score (nSPS) is 11.9. The molecule has 4 nitrogen and oxygen atoms in total. The molecule has 1 amide bonds. The number of carbonyl (C=O) groups excluding carboxylic acids is 1. The fourth-order valence-corrected chi connectivity index (χ4v) is 2.32. The van der Waals surface area contributed by atoms with Crippen molar-refractivity contribution in [1.82, 2.24) is 5.32 Å². The highest BCUT2D eigenvalue weighted by atomic mass is 79.9. The minimum atomic E-state index is -1.10. The van der Waals surface area contributed by atoms with Crippen LogP contribution in [0.2, 0.25) is 0 Å². The van der Waals surface area contributed by atoms with Crippen molar-refractivity contribution in [2.75, 3.05) is 12.0 Å². The average Bonchev–Trinajstić information content (AvgIpc) is 2.37. The molecule has 1 aromatic carbocycles. The summed E-state index contributed by atoms with van der Waals surface area (Å²) in [7, 11) is 0. The number of thioether (sulfide) groups is 1. The molecule has 19 heavy (non-hydrogen) atoms. The van der Waals surface area contributed by atoms with E-state index in [9.17, 15) is 14.0 Å². The lowest BCUT2D eigenvalue weighted by molar-refractivity contribution is -0.139. The van der Waals surface area contributed by atoms with Crippen molar-refractivity contribution >= 4 is 39.6 Å². The van der Waals surface area contributed by atoms with Gasteiger partial charge in [-0.25, -0.2) is 9.18 Å². The Morgan fingerprint density at radius 1 is 1.53 bits per heavy atom. The number of carboxylic acid groups (broad SMARTS) is 1. The van der Waals surface area contributed by atoms with E-state index in [0.29, 0.717) is 12.2 Å². The van der Waals surface area contributed by atoms with E-state index >= 15 is 0 Å². The van der Waals surface area contributed by atoms with Gasteiger partial charge in [-0.05, 0) is 46.5 Å². The van der Waals surface area contributed by atoms with E-state index in [4.69, 9.17) is 5.11 Å². The van der Waals surface area contributed by atoms with Gasteiger partial charge in [0.25, 0.3) is 5.91 Å². The van der Waals surface area contributed by atoms with Crippen molar-refractivity contribution in [3.8, 4) is 0 Å². The number of benzene rings is 1. The van der Waals surface area contributed by atoms with Gasteiger partial charge in [0.1, 0.15) is 11.9 Å². The molecule has 1 atom stereocenters. The Balaban J connectivity index is 2.82. The average molecular weight is 350 g/mol. The van der Waals surface area contributed by atoms with Crippen molar-refractivity contribution < 1.29 is 19.1 Å². The van der Waals surface area contributed by atoms with Crippen LogP contribution in [0.1, 0.15) is 16.8 Å². The van der Waals surface area contributed by atoms with Gasteiger partial charge in [-0.2, -0.15) is 11.8 Å². The van der Waals surface area contributed by atoms with Crippen molar-refractivity contribution in [2.24, 2.45) is 0 Å². The van der Waals surface area contributed by atoms with E-state index < -0.39 is 23.7 Å². The number of rotatable bonds is 6. The summed E-state index contributed by atoms with van der Waals surface area (Å²) in [6.07, 6.45) is 2.17. The minimum Gasteiger partial charge on any atom is -0.480 e. The zero-order valence-corrected chi connectivity index (χ0v) is 12.6.